The number of amides is 2. The Labute approximate surface area is 88.6 Å². The third-order valence-electron chi connectivity index (χ3n) is 2.39. The minimum absolute atomic E-state index is 0.0762. The first-order chi connectivity index (χ1) is 6.63. The van der Waals surface area contributed by atoms with Crippen molar-refractivity contribution in [3.05, 3.63) is 0 Å². The second kappa shape index (κ2) is 5.20. The van der Waals surface area contributed by atoms with E-state index in [2.05, 4.69) is 5.32 Å². The highest BCUT2D eigenvalue weighted by molar-refractivity contribution is 6.27. The van der Waals surface area contributed by atoms with Gasteiger partial charge in [0.2, 0.25) is 11.8 Å². The number of alkyl halides is 1. The lowest BCUT2D eigenvalue weighted by Gasteiger charge is -2.27. The molecule has 1 fully saturated rings. The third kappa shape index (κ3) is 3.18. The molecule has 0 radical (unpaired) electrons. The van der Waals surface area contributed by atoms with Crippen molar-refractivity contribution in [3.8, 4) is 0 Å². The molecule has 0 heterocycles. The third-order valence-corrected chi connectivity index (χ3v) is 2.62. The summed E-state index contributed by atoms with van der Waals surface area (Å²) in [6, 6.07) is 0.321. The molecule has 0 unspecified atom stereocenters. The lowest BCUT2D eigenvalue weighted by atomic mass is 9.93. The molecule has 0 aliphatic heterocycles. The SMILES string of the molecule is CN(CC(=O)NC1CCC1)C(=O)CCl. The van der Waals surface area contributed by atoms with Crippen molar-refractivity contribution in [2.75, 3.05) is 19.5 Å². The van der Waals surface area contributed by atoms with Crippen molar-refractivity contribution in [2.24, 2.45) is 0 Å². The smallest absolute Gasteiger partial charge is 0.239 e. The number of likely N-dealkylation sites (N-methyl/N-ethyl adjacent to an activating group) is 1. The monoisotopic (exact) mass is 218 g/mol. The normalized spacial score (nSPS) is 15.9. The summed E-state index contributed by atoms with van der Waals surface area (Å²) < 4.78 is 0. The molecule has 0 aromatic heterocycles. The number of halogens is 1. The number of nitrogens with one attached hydrogen (secondary N) is 1. The molecule has 4 nitrogen and oxygen atoms in total. The molecule has 0 bridgehead atoms. The number of carbonyl (C=O) groups is 2. The van der Waals surface area contributed by atoms with E-state index in [1.807, 2.05) is 0 Å². The van der Waals surface area contributed by atoms with Gasteiger partial charge in [0.15, 0.2) is 0 Å². The molecule has 1 N–H and O–H groups in total. The minimum atomic E-state index is -0.226. The van der Waals surface area contributed by atoms with Crippen LogP contribution >= 0.6 is 11.6 Å². The second-order valence-corrected chi connectivity index (χ2v) is 3.85. The summed E-state index contributed by atoms with van der Waals surface area (Å²) in [5, 5.41) is 2.85. The highest BCUT2D eigenvalue weighted by Crippen LogP contribution is 2.17. The molecule has 0 saturated heterocycles. The zero-order valence-electron chi connectivity index (χ0n) is 8.25. The highest BCUT2D eigenvalue weighted by atomic mass is 35.5. The van der Waals surface area contributed by atoms with Crippen LogP contribution in [0.25, 0.3) is 0 Å². The van der Waals surface area contributed by atoms with Gasteiger partial charge in [-0.3, -0.25) is 9.59 Å². The van der Waals surface area contributed by atoms with Crippen molar-refractivity contribution in [1.82, 2.24) is 10.2 Å². The Hall–Kier alpha value is -0.770. The molecule has 14 heavy (non-hydrogen) atoms. The van der Waals surface area contributed by atoms with Gasteiger partial charge in [0.1, 0.15) is 5.88 Å². The van der Waals surface area contributed by atoms with Crippen molar-refractivity contribution in [1.29, 1.82) is 0 Å². The van der Waals surface area contributed by atoms with Gasteiger partial charge in [-0.05, 0) is 19.3 Å². The van der Waals surface area contributed by atoms with Gasteiger partial charge in [0.25, 0.3) is 0 Å². The molecule has 0 aromatic rings. The fraction of sp³-hybridized carbons (Fsp3) is 0.778. The Balaban J connectivity index is 2.21. The van der Waals surface area contributed by atoms with Crippen molar-refractivity contribution >= 4 is 23.4 Å². The average Bonchev–Trinajstić information content (AvgIpc) is 2.10. The summed E-state index contributed by atoms with van der Waals surface area (Å²) in [4.78, 5) is 23.7. The summed E-state index contributed by atoms with van der Waals surface area (Å²) >= 11 is 5.35. The summed E-state index contributed by atoms with van der Waals surface area (Å²) in [6.45, 7) is 0.0993. The molecule has 0 aromatic carbocycles. The van der Waals surface area contributed by atoms with Gasteiger partial charge in [-0.25, -0.2) is 0 Å². The van der Waals surface area contributed by atoms with Crippen LogP contribution in [0.15, 0.2) is 0 Å². The zero-order chi connectivity index (χ0) is 10.6. The van der Waals surface area contributed by atoms with Gasteiger partial charge in [0.05, 0.1) is 6.54 Å². The first kappa shape index (κ1) is 11.3. The highest BCUT2D eigenvalue weighted by Gasteiger charge is 2.20. The maximum absolute atomic E-state index is 11.3. The summed E-state index contributed by atoms with van der Waals surface area (Å²) in [5.41, 5.74) is 0. The van der Waals surface area contributed by atoms with E-state index in [0.29, 0.717) is 6.04 Å². The van der Waals surface area contributed by atoms with Gasteiger partial charge in [-0.2, -0.15) is 0 Å². The molecule has 0 spiro atoms. The summed E-state index contributed by atoms with van der Waals surface area (Å²) in [5.74, 6) is -0.404. The molecule has 1 aliphatic carbocycles. The Morgan fingerprint density at radius 2 is 2.14 bits per heavy atom. The van der Waals surface area contributed by atoms with Crippen molar-refractivity contribution in [3.63, 3.8) is 0 Å². The van der Waals surface area contributed by atoms with Gasteiger partial charge < -0.3 is 10.2 Å². The lowest BCUT2D eigenvalue weighted by Crippen LogP contribution is -2.45. The minimum Gasteiger partial charge on any atom is -0.352 e. The van der Waals surface area contributed by atoms with Gasteiger partial charge in [-0.1, -0.05) is 0 Å². The van der Waals surface area contributed by atoms with Crippen LogP contribution in [0.1, 0.15) is 19.3 Å². The fourth-order valence-electron chi connectivity index (χ4n) is 1.23. The Bertz CT molecular complexity index is 229. The molecule has 1 saturated carbocycles. The maximum atomic E-state index is 11.3. The second-order valence-electron chi connectivity index (χ2n) is 3.58. The zero-order valence-corrected chi connectivity index (χ0v) is 9.01. The average molecular weight is 219 g/mol. The number of carbonyl (C=O) groups excluding carboxylic acids is 2. The van der Waals surface area contributed by atoms with Crippen molar-refractivity contribution < 1.29 is 9.59 Å². The quantitative estimate of drug-likeness (QED) is 0.693. The molecule has 0 atom stereocenters. The molecular weight excluding hydrogens is 204 g/mol. The van der Waals surface area contributed by atoms with E-state index in [1.54, 1.807) is 7.05 Å². The number of rotatable bonds is 4. The van der Waals surface area contributed by atoms with E-state index in [-0.39, 0.29) is 24.2 Å². The standard InChI is InChI=1S/C9H15ClN2O2/c1-12(9(14)5-10)6-8(13)11-7-3-2-4-7/h7H,2-6H2,1H3,(H,11,13). The molecule has 2 amide bonds. The molecule has 1 rings (SSSR count). The number of nitrogens with zero attached hydrogens (tertiary/aromatic N) is 1. The maximum Gasteiger partial charge on any atom is 0.239 e. The molecular formula is C9H15ClN2O2. The van der Waals surface area contributed by atoms with Crippen LogP contribution in [-0.4, -0.2) is 42.2 Å². The largest absolute Gasteiger partial charge is 0.352 e. The first-order valence-corrected chi connectivity index (χ1v) is 5.26. The van der Waals surface area contributed by atoms with E-state index in [1.165, 1.54) is 11.3 Å². The predicted octanol–water partition coefficient (Wildman–Crippen LogP) is 0.352. The Kier molecular flexibility index (Phi) is 4.20. The molecule has 5 heteroatoms. The van der Waals surface area contributed by atoms with E-state index < -0.39 is 0 Å². The van der Waals surface area contributed by atoms with Crippen LogP contribution in [0.5, 0.6) is 0 Å². The number of hydrogen-bond donors (Lipinski definition) is 1. The Morgan fingerprint density at radius 1 is 1.50 bits per heavy atom. The summed E-state index contributed by atoms with van der Waals surface area (Å²) in [6.07, 6.45) is 3.29. The van der Waals surface area contributed by atoms with Crippen LogP contribution in [-0.2, 0) is 9.59 Å². The van der Waals surface area contributed by atoms with Crippen LogP contribution < -0.4 is 5.32 Å². The fourth-order valence-corrected chi connectivity index (χ4v) is 1.44. The van der Waals surface area contributed by atoms with E-state index >= 15 is 0 Å². The number of hydrogen-bond acceptors (Lipinski definition) is 2. The lowest BCUT2D eigenvalue weighted by molar-refractivity contribution is -0.133. The molecule has 80 valence electrons. The van der Waals surface area contributed by atoms with E-state index in [4.69, 9.17) is 11.6 Å². The van der Waals surface area contributed by atoms with E-state index in [0.717, 1.165) is 12.8 Å². The molecule has 1 aliphatic rings. The van der Waals surface area contributed by atoms with Gasteiger partial charge >= 0.3 is 0 Å². The van der Waals surface area contributed by atoms with Gasteiger partial charge in [0, 0.05) is 13.1 Å². The van der Waals surface area contributed by atoms with Gasteiger partial charge in [-0.15, -0.1) is 11.6 Å². The van der Waals surface area contributed by atoms with E-state index in [9.17, 15) is 9.59 Å². The summed E-state index contributed by atoms with van der Waals surface area (Å²) in [7, 11) is 1.57. The van der Waals surface area contributed by atoms with Crippen LogP contribution in [0.3, 0.4) is 0 Å². The predicted molar refractivity (Wildman–Crippen MR) is 54.1 cm³/mol. The Morgan fingerprint density at radius 3 is 2.57 bits per heavy atom. The first-order valence-electron chi connectivity index (χ1n) is 4.72. The van der Waals surface area contributed by atoms with Crippen LogP contribution in [0.4, 0.5) is 0 Å². The van der Waals surface area contributed by atoms with Crippen molar-refractivity contribution in [2.45, 2.75) is 25.3 Å². The topological polar surface area (TPSA) is 49.4 Å². The van der Waals surface area contributed by atoms with Crippen LogP contribution in [0, 0.1) is 0 Å². The van der Waals surface area contributed by atoms with Crippen LogP contribution in [0.2, 0.25) is 0 Å².